The molecular weight excluding hydrogens is 677 g/mol. The molecule has 7 rings (SSSR count). The Hall–Kier alpha value is -4.41. The summed E-state index contributed by atoms with van der Waals surface area (Å²) in [5, 5.41) is 16.0. The van der Waals surface area contributed by atoms with Gasteiger partial charge in [0, 0.05) is 49.0 Å². The number of carbonyl (C=O) groups excluding carboxylic acids is 2. The summed E-state index contributed by atoms with van der Waals surface area (Å²) in [6.07, 6.45) is 9.66. The fourth-order valence-electron chi connectivity index (χ4n) is 8.47. The first-order chi connectivity index (χ1) is 26.1. The molecule has 1 aliphatic carbocycles. The van der Waals surface area contributed by atoms with Crippen molar-refractivity contribution in [2.45, 2.75) is 115 Å². The number of aliphatic hydroxyl groups excluding tert-OH is 1. The van der Waals surface area contributed by atoms with Crippen LogP contribution < -0.4 is 10.6 Å². The number of rotatable bonds is 10. The Kier molecular flexibility index (Phi) is 11.9. The molecule has 0 radical (unpaired) electrons. The van der Waals surface area contributed by atoms with E-state index in [0.29, 0.717) is 37.0 Å². The molecule has 1 aromatic heterocycles. The summed E-state index contributed by atoms with van der Waals surface area (Å²) in [7, 11) is 0. The SMILES string of the molecule is CC(C)(C)NC(=O)[C@H]1CC[C@H]2CCCC[C@H]2N1C[C@@H]1C[C@H](c2ccc(CO)cc2)O[C@H](c2ccc(-c3cccc(CNC(=O)c4cccnc4)c3)cc2)O1. The number of nitrogens with zero attached hydrogens (tertiary/aromatic N) is 2. The molecule has 1 saturated carbocycles. The van der Waals surface area contributed by atoms with Crippen LogP contribution in [-0.2, 0) is 27.4 Å². The van der Waals surface area contributed by atoms with Crippen LogP contribution in [0.25, 0.3) is 11.1 Å². The normalized spacial score (nSPS) is 24.7. The maximum Gasteiger partial charge on any atom is 0.253 e. The van der Waals surface area contributed by atoms with Gasteiger partial charge in [0.25, 0.3) is 5.91 Å². The summed E-state index contributed by atoms with van der Waals surface area (Å²) in [5.74, 6) is 0.564. The molecule has 0 spiro atoms. The molecule has 3 aromatic carbocycles. The fourth-order valence-corrected chi connectivity index (χ4v) is 8.47. The Morgan fingerprint density at radius 3 is 2.37 bits per heavy atom. The highest BCUT2D eigenvalue weighted by atomic mass is 16.7. The minimum Gasteiger partial charge on any atom is -0.392 e. The zero-order valence-electron chi connectivity index (χ0n) is 31.7. The van der Waals surface area contributed by atoms with E-state index in [1.165, 1.54) is 19.3 Å². The number of benzene rings is 3. The van der Waals surface area contributed by atoms with Gasteiger partial charge in [0.2, 0.25) is 5.91 Å². The molecule has 284 valence electrons. The quantitative estimate of drug-likeness (QED) is 0.154. The number of hydrogen-bond acceptors (Lipinski definition) is 7. The number of aromatic nitrogens is 1. The molecule has 2 saturated heterocycles. The molecule has 9 nitrogen and oxygen atoms in total. The Bertz CT molecular complexity index is 1860. The lowest BCUT2D eigenvalue weighted by atomic mass is 9.75. The predicted octanol–water partition coefficient (Wildman–Crippen LogP) is 7.65. The number of amides is 2. The van der Waals surface area contributed by atoms with Gasteiger partial charge in [0.05, 0.1) is 30.4 Å². The van der Waals surface area contributed by atoms with Crippen molar-refractivity contribution in [1.29, 1.82) is 0 Å². The van der Waals surface area contributed by atoms with E-state index in [0.717, 1.165) is 52.6 Å². The monoisotopic (exact) mass is 730 g/mol. The van der Waals surface area contributed by atoms with Gasteiger partial charge < -0.3 is 25.2 Å². The van der Waals surface area contributed by atoms with Gasteiger partial charge in [-0.2, -0.15) is 0 Å². The largest absolute Gasteiger partial charge is 0.392 e. The van der Waals surface area contributed by atoms with E-state index in [2.05, 4.69) is 56.9 Å². The number of aliphatic hydroxyl groups is 1. The van der Waals surface area contributed by atoms with Crippen molar-refractivity contribution >= 4 is 11.8 Å². The molecule has 3 aliphatic rings. The van der Waals surface area contributed by atoms with E-state index in [1.807, 2.05) is 57.2 Å². The van der Waals surface area contributed by atoms with Crippen molar-refractivity contribution in [2.75, 3.05) is 6.54 Å². The van der Waals surface area contributed by atoms with Crippen molar-refractivity contribution in [1.82, 2.24) is 20.5 Å². The highest BCUT2D eigenvalue weighted by molar-refractivity contribution is 5.93. The second-order valence-electron chi connectivity index (χ2n) is 16.2. The Balaban J connectivity index is 1.10. The summed E-state index contributed by atoms with van der Waals surface area (Å²) in [6.45, 7) is 7.21. The van der Waals surface area contributed by atoms with Crippen LogP contribution in [0.15, 0.2) is 97.3 Å². The summed E-state index contributed by atoms with van der Waals surface area (Å²) in [5.41, 5.74) is 6.16. The van der Waals surface area contributed by atoms with Gasteiger partial charge in [-0.3, -0.25) is 19.5 Å². The third kappa shape index (κ3) is 9.27. The van der Waals surface area contributed by atoms with Crippen LogP contribution in [0.2, 0.25) is 0 Å². The van der Waals surface area contributed by atoms with E-state index in [1.54, 1.807) is 24.5 Å². The average Bonchev–Trinajstić information content (AvgIpc) is 3.20. The molecule has 2 amide bonds. The fraction of sp³-hybridized carbons (Fsp3) is 0.444. The standard InChI is InChI=1S/C45H54N4O5/c1-45(2,3)48-43(52)40-22-21-33-9-4-5-12-39(33)49(40)28-38-25-41(34-15-13-30(29-50)14-16-34)54-44(53-38)35-19-17-32(18-20-35)36-10-6-8-31(24-36)26-47-42(51)37-11-7-23-46-27-37/h6-8,10-11,13-20,23-24,27,33,38-41,44,50H,4-5,9,12,21-22,25-26,28-29H2,1-3H3,(H,47,51)(H,48,52)/t33-,38+,39-,40-,41-,44-/m1/s1. The van der Waals surface area contributed by atoms with Crippen molar-refractivity contribution in [3.05, 3.63) is 125 Å². The van der Waals surface area contributed by atoms with E-state index in [4.69, 9.17) is 9.47 Å². The van der Waals surface area contributed by atoms with Crippen LogP contribution >= 0.6 is 0 Å². The van der Waals surface area contributed by atoms with E-state index in [9.17, 15) is 14.7 Å². The van der Waals surface area contributed by atoms with Gasteiger partial charge in [0.1, 0.15) is 0 Å². The van der Waals surface area contributed by atoms with E-state index < -0.39 is 6.29 Å². The number of ether oxygens (including phenoxy) is 2. The molecule has 0 bridgehead atoms. The zero-order valence-corrected chi connectivity index (χ0v) is 31.7. The van der Waals surface area contributed by atoms with Crippen molar-refractivity contribution in [3.63, 3.8) is 0 Å². The Labute approximate surface area is 319 Å². The molecular formula is C45H54N4O5. The predicted molar refractivity (Wildman–Crippen MR) is 209 cm³/mol. The second kappa shape index (κ2) is 16.9. The highest BCUT2D eigenvalue weighted by Crippen LogP contribution is 2.42. The number of hydrogen-bond donors (Lipinski definition) is 3. The molecule has 54 heavy (non-hydrogen) atoms. The van der Waals surface area contributed by atoms with E-state index >= 15 is 0 Å². The van der Waals surface area contributed by atoms with Crippen LogP contribution in [0.5, 0.6) is 0 Å². The molecule has 3 N–H and O–H groups in total. The molecule has 6 atom stereocenters. The molecule has 9 heteroatoms. The first-order valence-electron chi connectivity index (χ1n) is 19.6. The third-order valence-corrected chi connectivity index (χ3v) is 11.2. The number of carbonyl (C=O) groups is 2. The summed E-state index contributed by atoms with van der Waals surface area (Å²) in [4.78, 5) is 32.9. The molecule has 4 aromatic rings. The maximum absolute atomic E-state index is 13.8. The van der Waals surface area contributed by atoms with Crippen LogP contribution in [0.3, 0.4) is 0 Å². The number of pyridine rings is 1. The number of fused-ring (bicyclic) bond motifs is 1. The van der Waals surface area contributed by atoms with Crippen LogP contribution in [-0.4, -0.2) is 57.1 Å². The minimum atomic E-state index is -0.594. The van der Waals surface area contributed by atoms with Crippen molar-refractivity contribution in [2.24, 2.45) is 5.92 Å². The Morgan fingerprint density at radius 2 is 1.63 bits per heavy atom. The Morgan fingerprint density at radius 1 is 0.852 bits per heavy atom. The topological polar surface area (TPSA) is 113 Å². The number of piperidine rings is 1. The highest BCUT2D eigenvalue weighted by Gasteiger charge is 2.44. The van der Waals surface area contributed by atoms with Crippen LogP contribution in [0, 0.1) is 5.92 Å². The molecule has 0 unspecified atom stereocenters. The number of likely N-dealkylation sites (tertiary alicyclic amines) is 1. The maximum atomic E-state index is 13.8. The lowest BCUT2D eigenvalue weighted by Crippen LogP contribution is -2.61. The summed E-state index contributed by atoms with van der Waals surface area (Å²) < 4.78 is 13.6. The van der Waals surface area contributed by atoms with Crippen LogP contribution in [0.1, 0.15) is 111 Å². The van der Waals surface area contributed by atoms with Gasteiger partial charge in [-0.05, 0) is 98.4 Å². The van der Waals surface area contributed by atoms with Gasteiger partial charge in [-0.15, -0.1) is 0 Å². The average molecular weight is 731 g/mol. The third-order valence-electron chi connectivity index (χ3n) is 11.2. The van der Waals surface area contributed by atoms with Crippen LogP contribution in [0.4, 0.5) is 0 Å². The zero-order chi connectivity index (χ0) is 37.7. The van der Waals surface area contributed by atoms with Gasteiger partial charge in [-0.1, -0.05) is 79.6 Å². The smallest absolute Gasteiger partial charge is 0.253 e. The van der Waals surface area contributed by atoms with E-state index in [-0.39, 0.29) is 42.2 Å². The van der Waals surface area contributed by atoms with Crippen molar-refractivity contribution < 1.29 is 24.2 Å². The summed E-state index contributed by atoms with van der Waals surface area (Å²) in [6, 6.07) is 28.2. The first-order valence-corrected chi connectivity index (χ1v) is 19.6. The van der Waals surface area contributed by atoms with Gasteiger partial charge >= 0.3 is 0 Å². The lowest BCUT2D eigenvalue weighted by Gasteiger charge is -2.50. The number of nitrogens with one attached hydrogen (secondary N) is 2. The van der Waals surface area contributed by atoms with Crippen molar-refractivity contribution in [3.8, 4) is 11.1 Å². The minimum absolute atomic E-state index is 0.00894. The van der Waals surface area contributed by atoms with Gasteiger partial charge in [-0.25, -0.2) is 0 Å². The molecule has 2 aliphatic heterocycles. The summed E-state index contributed by atoms with van der Waals surface area (Å²) >= 11 is 0. The van der Waals surface area contributed by atoms with Gasteiger partial charge in [0.15, 0.2) is 6.29 Å². The lowest BCUT2D eigenvalue weighted by molar-refractivity contribution is -0.255. The molecule has 3 fully saturated rings. The molecule has 3 heterocycles. The second-order valence-corrected chi connectivity index (χ2v) is 16.2. The first kappa shape index (κ1) is 37.9.